The fraction of sp³-hybridized carbons (Fsp3) is 0.429. The third kappa shape index (κ3) is 18.3. The van der Waals surface area contributed by atoms with Gasteiger partial charge in [-0.15, -0.1) is 13.1 Å². The van der Waals surface area contributed by atoms with Gasteiger partial charge in [-0.05, 0) is 0 Å². The molecule has 0 bridgehead atoms. The summed E-state index contributed by atoms with van der Waals surface area (Å²) in [4.78, 5) is 11.0. The van der Waals surface area contributed by atoms with Crippen LogP contribution in [0.1, 0.15) is 6.92 Å². The first kappa shape index (κ1) is 22.8. The van der Waals surface area contributed by atoms with Crippen LogP contribution in [0.2, 0.25) is 0 Å². The summed E-state index contributed by atoms with van der Waals surface area (Å²) in [6.07, 6.45) is 1.66. The largest absolute Gasteiger partial charge is 2.00 e. The molecule has 0 saturated carbocycles. The fourth-order valence-corrected chi connectivity index (χ4v) is 0.203. The number of hydrogen-bond donors (Lipinski definition) is 0. The van der Waals surface area contributed by atoms with Crippen LogP contribution < -0.4 is 0 Å². The maximum atomic E-state index is 9.69. The third-order valence-electron chi connectivity index (χ3n) is 0.669. The van der Waals surface area contributed by atoms with Crippen molar-refractivity contribution < 1.29 is 58.6 Å². The minimum absolute atomic E-state index is 0. The van der Waals surface area contributed by atoms with Gasteiger partial charge >= 0.3 is 21.1 Å². The molecule has 0 saturated heterocycles. The zero-order valence-corrected chi connectivity index (χ0v) is 12.6. The van der Waals surface area contributed by atoms with Gasteiger partial charge in [0.2, 0.25) is 0 Å². The van der Waals surface area contributed by atoms with E-state index >= 15 is 0 Å². The Balaban J connectivity index is -0.0000000564. The summed E-state index contributed by atoms with van der Waals surface area (Å²) in [7, 11) is 0. The van der Waals surface area contributed by atoms with E-state index in [1.165, 1.54) is 4.90 Å². The number of amides is 1. The molecule has 0 atom stereocenters. The van der Waals surface area contributed by atoms with E-state index in [2.05, 4.69) is 20.8 Å². The second-order valence-corrected chi connectivity index (χ2v) is 1.08. The SMILES string of the molecule is [CH2-]C.[CH2-]CN([C-]=O)C[CH2-].[W+2].[Y]. The molecule has 0 aromatic heterocycles. The molecule has 1 amide bonds. The van der Waals surface area contributed by atoms with Crippen LogP contribution in [0.15, 0.2) is 0 Å². The van der Waals surface area contributed by atoms with Gasteiger partial charge < -0.3 is 30.5 Å². The number of rotatable bonds is 3. The van der Waals surface area contributed by atoms with Crippen molar-refractivity contribution in [1.29, 1.82) is 0 Å². The molecule has 0 heterocycles. The van der Waals surface area contributed by atoms with Gasteiger partial charge in [-0.3, -0.25) is 0 Å². The molecule has 0 aliphatic heterocycles. The minimum atomic E-state index is 0. The van der Waals surface area contributed by atoms with E-state index in [1.807, 2.05) is 0 Å². The van der Waals surface area contributed by atoms with Crippen molar-refractivity contribution in [3.05, 3.63) is 20.8 Å². The molecule has 0 spiro atoms. The van der Waals surface area contributed by atoms with Crippen LogP contribution in [-0.4, -0.2) is 24.4 Å². The van der Waals surface area contributed by atoms with E-state index in [0.29, 0.717) is 13.1 Å². The molecule has 0 aliphatic carbocycles. The normalized spacial score (nSPS) is 5.82. The van der Waals surface area contributed by atoms with Gasteiger partial charge in [-0.1, -0.05) is 0 Å². The Morgan fingerprint density at radius 2 is 1.55 bits per heavy atom. The first-order valence-electron chi connectivity index (χ1n) is 2.77. The van der Waals surface area contributed by atoms with E-state index in [0.717, 1.165) is 0 Å². The molecule has 0 aromatic rings. The average Bonchev–Trinajstić information content (AvgIpc) is 1.96. The predicted molar refractivity (Wildman–Crippen MR) is 39.0 cm³/mol. The summed E-state index contributed by atoms with van der Waals surface area (Å²) in [5.41, 5.74) is 0. The summed E-state index contributed by atoms with van der Waals surface area (Å²) in [5.74, 6) is 0. The molecule has 0 rings (SSSR count). The Kier molecular flexibility index (Phi) is 46.6. The molecule has 63 valence electrons. The molecule has 4 heteroatoms. The summed E-state index contributed by atoms with van der Waals surface area (Å²) in [6.45, 7) is 12.8. The maximum absolute atomic E-state index is 9.69. The quantitative estimate of drug-likeness (QED) is 0.509. The molecular formula is C7H13NOWY-2. The van der Waals surface area contributed by atoms with Gasteiger partial charge in [0.15, 0.2) is 0 Å². The van der Waals surface area contributed by atoms with Crippen molar-refractivity contribution in [2.45, 2.75) is 6.92 Å². The summed E-state index contributed by atoms with van der Waals surface area (Å²) in [6, 6.07) is 0. The zero-order chi connectivity index (χ0) is 7.70. The summed E-state index contributed by atoms with van der Waals surface area (Å²) < 4.78 is 0. The van der Waals surface area contributed by atoms with Gasteiger partial charge in [0, 0.05) is 32.7 Å². The van der Waals surface area contributed by atoms with E-state index in [9.17, 15) is 4.79 Å². The van der Waals surface area contributed by atoms with Crippen molar-refractivity contribution >= 4 is 6.41 Å². The Bertz CT molecular complexity index is 60.4. The Morgan fingerprint density at radius 1 is 1.27 bits per heavy atom. The van der Waals surface area contributed by atoms with Gasteiger partial charge in [0.05, 0.1) is 0 Å². The van der Waals surface area contributed by atoms with Gasteiger partial charge in [-0.25, -0.2) is 0 Å². The first-order valence-corrected chi connectivity index (χ1v) is 2.77. The van der Waals surface area contributed by atoms with Crippen LogP contribution in [0.4, 0.5) is 0 Å². The molecule has 0 fully saturated rings. The van der Waals surface area contributed by atoms with Crippen LogP contribution >= 0.6 is 0 Å². The Morgan fingerprint density at radius 3 is 1.55 bits per heavy atom. The smallest absolute Gasteiger partial charge is 0.566 e. The van der Waals surface area contributed by atoms with Crippen LogP contribution in [0.5, 0.6) is 0 Å². The molecule has 1 radical (unpaired) electrons. The van der Waals surface area contributed by atoms with Crippen molar-refractivity contribution in [3.8, 4) is 0 Å². The van der Waals surface area contributed by atoms with E-state index < -0.39 is 0 Å². The number of hydrogen-bond acceptors (Lipinski definition) is 1. The van der Waals surface area contributed by atoms with Crippen LogP contribution in [0, 0.1) is 20.8 Å². The monoisotopic (exact) mass is 400 g/mol. The Labute approximate surface area is 110 Å². The predicted octanol–water partition coefficient (Wildman–Crippen LogP) is 0.859. The number of carbonyl (C=O) groups excluding carboxylic acids is 1. The second kappa shape index (κ2) is 22.5. The summed E-state index contributed by atoms with van der Waals surface area (Å²) in [5, 5.41) is 0. The maximum Gasteiger partial charge on any atom is 2.00 e. The van der Waals surface area contributed by atoms with Gasteiger partial charge in [0.25, 0.3) is 0 Å². The number of nitrogens with zero attached hydrogens (tertiary/aromatic N) is 1. The molecule has 0 N–H and O–H groups in total. The molecular weight excluding hydrogens is 387 g/mol. The van der Waals surface area contributed by atoms with E-state index in [4.69, 9.17) is 0 Å². The van der Waals surface area contributed by atoms with Crippen molar-refractivity contribution in [3.63, 3.8) is 0 Å². The zero-order valence-electron chi connectivity index (χ0n) is 6.88. The molecule has 2 nitrogen and oxygen atoms in total. The van der Waals surface area contributed by atoms with E-state index in [-0.39, 0.29) is 53.8 Å². The average molecular weight is 400 g/mol. The minimum Gasteiger partial charge on any atom is -0.566 e. The van der Waals surface area contributed by atoms with E-state index in [1.54, 1.807) is 13.3 Å². The molecule has 0 aromatic carbocycles. The topological polar surface area (TPSA) is 20.3 Å². The van der Waals surface area contributed by atoms with Gasteiger partial charge in [-0.2, -0.15) is 13.3 Å². The molecule has 11 heavy (non-hydrogen) atoms. The molecule has 0 unspecified atom stereocenters. The van der Waals surface area contributed by atoms with Crippen molar-refractivity contribution in [2.24, 2.45) is 0 Å². The first-order chi connectivity index (χ1) is 4.35. The fourth-order valence-electron chi connectivity index (χ4n) is 0.203. The standard InChI is InChI=1S/C5H8NO.C2H5.W.Y/c1-3-6(4-2)5-7;1-2;;/h1-4H2;1H2,2H3;;/q-3;-1;+2;. The van der Waals surface area contributed by atoms with Gasteiger partial charge in [0.1, 0.15) is 0 Å². The second-order valence-electron chi connectivity index (χ2n) is 1.08. The van der Waals surface area contributed by atoms with Crippen LogP contribution in [0.25, 0.3) is 0 Å². The van der Waals surface area contributed by atoms with Crippen LogP contribution in [-0.2, 0) is 58.6 Å². The van der Waals surface area contributed by atoms with Crippen molar-refractivity contribution in [1.82, 2.24) is 4.90 Å². The summed E-state index contributed by atoms with van der Waals surface area (Å²) >= 11 is 0. The Hall–Kier alpha value is 1.26. The van der Waals surface area contributed by atoms with Crippen molar-refractivity contribution in [2.75, 3.05) is 13.1 Å². The molecule has 0 aliphatic rings. The van der Waals surface area contributed by atoms with Crippen LogP contribution in [0.3, 0.4) is 0 Å². The third-order valence-corrected chi connectivity index (χ3v) is 0.669.